The van der Waals surface area contributed by atoms with Gasteiger partial charge in [0.05, 0.1) is 6.54 Å². The number of methoxy groups -OCH3 is 1. The first-order chi connectivity index (χ1) is 11.1. The number of carbonyl (C=O) groups is 2. The zero-order valence-electron chi connectivity index (χ0n) is 12.8. The second-order valence-electron chi connectivity index (χ2n) is 5.66. The summed E-state index contributed by atoms with van der Waals surface area (Å²) in [6.07, 6.45) is -0.277. The van der Waals surface area contributed by atoms with E-state index in [2.05, 4.69) is 5.32 Å². The number of rotatable bonds is 6. The third-order valence-corrected chi connectivity index (χ3v) is 4.14. The molecule has 0 aromatic heterocycles. The van der Waals surface area contributed by atoms with Crippen LogP contribution < -0.4 is 14.8 Å². The van der Waals surface area contributed by atoms with E-state index in [9.17, 15) is 9.59 Å². The van der Waals surface area contributed by atoms with Gasteiger partial charge in [-0.05, 0) is 30.0 Å². The van der Waals surface area contributed by atoms with E-state index in [0.29, 0.717) is 19.0 Å². The van der Waals surface area contributed by atoms with E-state index in [1.165, 1.54) is 7.11 Å². The van der Waals surface area contributed by atoms with Crippen LogP contribution in [0.5, 0.6) is 11.5 Å². The van der Waals surface area contributed by atoms with E-state index >= 15 is 0 Å². The molecule has 124 valence electrons. The Kier molecular flexibility index (Phi) is 4.38. The first-order valence-corrected chi connectivity index (χ1v) is 7.53. The van der Waals surface area contributed by atoms with Gasteiger partial charge in [-0.25, -0.2) is 4.79 Å². The molecule has 0 saturated heterocycles. The van der Waals surface area contributed by atoms with Crippen LogP contribution in [0.3, 0.4) is 0 Å². The number of nitrogens with one attached hydrogen (secondary N) is 1. The summed E-state index contributed by atoms with van der Waals surface area (Å²) in [5.41, 5.74) is 1.04. The Morgan fingerprint density at radius 2 is 2.09 bits per heavy atom. The molecule has 23 heavy (non-hydrogen) atoms. The summed E-state index contributed by atoms with van der Waals surface area (Å²) >= 11 is 0. The molecule has 1 heterocycles. The van der Waals surface area contributed by atoms with Crippen molar-refractivity contribution in [2.75, 3.05) is 26.9 Å². The maximum Gasteiger partial charge on any atom is 0.334 e. The predicted octanol–water partition coefficient (Wildman–Crippen LogP) is 0.777. The molecule has 7 nitrogen and oxygen atoms in total. The molecule has 1 aromatic carbocycles. The minimum atomic E-state index is -1.09. The Balaban J connectivity index is 1.56. The maximum atomic E-state index is 12.1. The third-order valence-electron chi connectivity index (χ3n) is 4.14. The summed E-state index contributed by atoms with van der Waals surface area (Å²) in [6.45, 7) is 1.04. The summed E-state index contributed by atoms with van der Waals surface area (Å²) in [7, 11) is 1.31. The van der Waals surface area contributed by atoms with Crippen molar-refractivity contribution in [3.05, 3.63) is 23.8 Å². The van der Waals surface area contributed by atoms with Gasteiger partial charge >= 0.3 is 5.97 Å². The molecular formula is C16H19NO6. The van der Waals surface area contributed by atoms with E-state index in [1.54, 1.807) is 0 Å². The average Bonchev–Trinajstić information content (AvgIpc) is 3.35. The van der Waals surface area contributed by atoms with Crippen molar-refractivity contribution in [2.45, 2.75) is 18.4 Å². The molecule has 3 rings (SSSR count). The van der Waals surface area contributed by atoms with Gasteiger partial charge in [0.1, 0.15) is 13.2 Å². The summed E-state index contributed by atoms with van der Waals surface area (Å²) in [5, 5.41) is 11.5. The number of ether oxygens (including phenoxy) is 3. The lowest BCUT2D eigenvalue weighted by Gasteiger charge is -2.18. The van der Waals surface area contributed by atoms with Crippen molar-refractivity contribution in [1.82, 2.24) is 5.32 Å². The van der Waals surface area contributed by atoms with E-state index in [-0.39, 0.29) is 24.3 Å². The SMILES string of the molecule is COC(CNC(=O)C1CC1c1ccc2c(c1)OCCO2)C(=O)O. The molecule has 2 N–H and O–H groups in total. The van der Waals surface area contributed by atoms with Crippen molar-refractivity contribution < 1.29 is 28.9 Å². The van der Waals surface area contributed by atoms with Crippen molar-refractivity contribution in [3.63, 3.8) is 0 Å². The Labute approximate surface area is 133 Å². The van der Waals surface area contributed by atoms with Gasteiger partial charge in [-0.15, -0.1) is 0 Å². The number of amides is 1. The zero-order chi connectivity index (χ0) is 16.4. The maximum absolute atomic E-state index is 12.1. The molecule has 1 saturated carbocycles. The highest BCUT2D eigenvalue weighted by Gasteiger charge is 2.44. The van der Waals surface area contributed by atoms with Crippen LogP contribution in [0.25, 0.3) is 0 Å². The monoisotopic (exact) mass is 321 g/mol. The van der Waals surface area contributed by atoms with Crippen LogP contribution in [-0.4, -0.2) is 50.0 Å². The second kappa shape index (κ2) is 6.45. The highest BCUT2D eigenvalue weighted by molar-refractivity contribution is 5.83. The largest absolute Gasteiger partial charge is 0.486 e. The summed E-state index contributed by atoms with van der Waals surface area (Å²) < 4.78 is 15.8. The molecule has 1 aromatic rings. The highest BCUT2D eigenvalue weighted by Crippen LogP contribution is 2.49. The lowest BCUT2D eigenvalue weighted by molar-refractivity contribution is -0.148. The quantitative estimate of drug-likeness (QED) is 0.804. The molecule has 1 amide bonds. The van der Waals surface area contributed by atoms with Crippen LogP contribution in [0.15, 0.2) is 18.2 Å². The molecule has 1 aliphatic carbocycles. The molecule has 2 aliphatic rings. The molecule has 3 atom stereocenters. The fourth-order valence-electron chi connectivity index (χ4n) is 2.74. The Hall–Kier alpha value is -2.28. The standard InChI is InChI=1S/C16H19NO6/c1-21-14(16(19)20)8-17-15(18)11-7-10(11)9-2-3-12-13(6-9)23-5-4-22-12/h2-3,6,10-11,14H,4-5,7-8H2,1H3,(H,17,18)(H,19,20). The fourth-order valence-corrected chi connectivity index (χ4v) is 2.74. The summed E-state index contributed by atoms with van der Waals surface area (Å²) in [4.78, 5) is 23.0. The van der Waals surface area contributed by atoms with Gasteiger partial charge in [-0.3, -0.25) is 4.79 Å². The second-order valence-corrected chi connectivity index (χ2v) is 5.66. The fraction of sp³-hybridized carbons (Fsp3) is 0.500. The normalized spacial score (nSPS) is 23.0. The lowest BCUT2D eigenvalue weighted by Crippen LogP contribution is -2.38. The number of carboxylic acids is 1. The molecule has 0 radical (unpaired) electrons. The molecule has 7 heteroatoms. The van der Waals surface area contributed by atoms with Gasteiger partial charge in [-0.2, -0.15) is 0 Å². The first-order valence-electron chi connectivity index (χ1n) is 7.53. The van der Waals surface area contributed by atoms with Gasteiger partial charge in [0.15, 0.2) is 17.6 Å². The topological polar surface area (TPSA) is 94.1 Å². The van der Waals surface area contributed by atoms with Crippen LogP contribution in [0, 0.1) is 5.92 Å². The third kappa shape index (κ3) is 3.39. The molecular weight excluding hydrogens is 302 g/mol. The van der Waals surface area contributed by atoms with E-state index < -0.39 is 12.1 Å². The number of aliphatic carboxylic acids is 1. The average molecular weight is 321 g/mol. The number of hydrogen-bond acceptors (Lipinski definition) is 5. The summed E-state index contributed by atoms with van der Waals surface area (Å²) in [6, 6.07) is 5.73. The lowest BCUT2D eigenvalue weighted by atomic mass is 10.1. The van der Waals surface area contributed by atoms with Gasteiger partial charge in [-0.1, -0.05) is 6.07 Å². The highest BCUT2D eigenvalue weighted by atomic mass is 16.6. The Morgan fingerprint density at radius 1 is 1.35 bits per heavy atom. The Bertz CT molecular complexity index is 617. The first kappa shape index (κ1) is 15.6. The predicted molar refractivity (Wildman–Crippen MR) is 79.7 cm³/mol. The van der Waals surface area contributed by atoms with E-state index in [4.69, 9.17) is 19.3 Å². The van der Waals surface area contributed by atoms with Crippen molar-refractivity contribution in [3.8, 4) is 11.5 Å². The van der Waals surface area contributed by atoms with E-state index in [1.807, 2.05) is 18.2 Å². The molecule has 1 aliphatic heterocycles. The van der Waals surface area contributed by atoms with Gasteiger partial charge in [0.2, 0.25) is 5.91 Å². The number of fused-ring (bicyclic) bond motifs is 1. The van der Waals surface area contributed by atoms with Gasteiger partial charge in [0, 0.05) is 13.0 Å². The van der Waals surface area contributed by atoms with Crippen LogP contribution in [0.2, 0.25) is 0 Å². The van der Waals surface area contributed by atoms with Crippen molar-refractivity contribution in [1.29, 1.82) is 0 Å². The molecule has 1 fully saturated rings. The van der Waals surface area contributed by atoms with Gasteiger partial charge in [0.25, 0.3) is 0 Å². The Morgan fingerprint density at radius 3 is 2.78 bits per heavy atom. The zero-order valence-corrected chi connectivity index (χ0v) is 12.8. The van der Waals surface area contributed by atoms with Crippen LogP contribution in [-0.2, 0) is 14.3 Å². The van der Waals surface area contributed by atoms with Crippen LogP contribution in [0.4, 0.5) is 0 Å². The minimum Gasteiger partial charge on any atom is -0.486 e. The van der Waals surface area contributed by atoms with E-state index in [0.717, 1.165) is 17.7 Å². The number of carbonyl (C=O) groups excluding carboxylic acids is 1. The van der Waals surface area contributed by atoms with Gasteiger partial charge < -0.3 is 24.6 Å². The van der Waals surface area contributed by atoms with Crippen molar-refractivity contribution in [2.24, 2.45) is 5.92 Å². The number of carboxylic acid groups (broad SMARTS) is 1. The molecule has 3 unspecified atom stereocenters. The minimum absolute atomic E-state index is 0.0327. The molecule has 0 spiro atoms. The van der Waals surface area contributed by atoms with Crippen molar-refractivity contribution >= 4 is 11.9 Å². The smallest absolute Gasteiger partial charge is 0.334 e. The van der Waals surface area contributed by atoms with Crippen LogP contribution >= 0.6 is 0 Å². The number of benzene rings is 1. The summed E-state index contributed by atoms with van der Waals surface area (Å²) in [5.74, 6) is 0.205. The molecule has 0 bridgehead atoms. The number of hydrogen-bond donors (Lipinski definition) is 2. The van der Waals surface area contributed by atoms with Crippen LogP contribution in [0.1, 0.15) is 17.9 Å².